The van der Waals surface area contributed by atoms with E-state index >= 15 is 0 Å². The van der Waals surface area contributed by atoms with Crippen LogP contribution in [0.25, 0.3) is 0 Å². The van der Waals surface area contributed by atoms with Crippen molar-refractivity contribution in [3.05, 3.63) is 34.9 Å². The van der Waals surface area contributed by atoms with Gasteiger partial charge >= 0.3 is 0 Å². The molecule has 0 saturated heterocycles. The SMILES string of the molecule is C#Cc1cc(C(=O)C(C)(C)C)ccc1C. The number of Topliss-reactive ketones (excluding diaryl/α,β-unsaturated/α-hetero) is 1. The Labute approximate surface area is 91.5 Å². The standard InChI is InChI=1S/C14H16O/c1-6-11-9-12(8-7-10(11)2)13(15)14(3,4)5/h1,7-9H,2-5H3. The Balaban J connectivity index is 3.20. The number of aryl methyl sites for hydroxylation is 1. The van der Waals surface area contributed by atoms with E-state index in [0.717, 1.165) is 11.1 Å². The van der Waals surface area contributed by atoms with Crippen LogP contribution in [0.2, 0.25) is 0 Å². The van der Waals surface area contributed by atoms with Crippen molar-refractivity contribution in [2.75, 3.05) is 0 Å². The minimum absolute atomic E-state index is 0.124. The lowest BCUT2D eigenvalue weighted by Gasteiger charge is -2.17. The summed E-state index contributed by atoms with van der Waals surface area (Å²) in [4.78, 5) is 12.0. The molecular weight excluding hydrogens is 184 g/mol. The van der Waals surface area contributed by atoms with Gasteiger partial charge in [-0.1, -0.05) is 38.8 Å². The fraction of sp³-hybridized carbons (Fsp3) is 0.357. The number of terminal acetylenes is 1. The third-order valence-electron chi connectivity index (χ3n) is 2.34. The molecule has 0 atom stereocenters. The molecule has 0 N–H and O–H groups in total. The van der Waals surface area contributed by atoms with Crippen LogP contribution in [-0.2, 0) is 0 Å². The van der Waals surface area contributed by atoms with Crippen LogP contribution >= 0.6 is 0 Å². The van der Waals surface area contributed by atoms with Crippen LogP contribution in [0.1, 0.15) is 42.3 Å². The van der Waals surface area contributed by atoms with Gasteiger partial charge in [-0.15, -0.1) is 6.42 Å². The monoisotopic (exact) mass is 200 g/mol. The van der Waals surface area contributed by atoms with Crippen LogP contribution < -0.4 is 0 Å². The molecule has 0 aliphatic heterocycles. The summed E-state index contributed by atoms with van der Waals surface area (Å²) in [6.07, 6.45) is 5.37. The van der Waals surface area contributed by atoms with E-state index in [0.29, 0.717) is 5.56 Å². The van der Waals surface area contributed by atoms with Crippen LogP contribution in [0, 0.1) is 24.7 Å². The quantitative estimate of drug-likeness (QED) is 0.502. The van der Waals surface area contributed by atoms with Crippen molar-refractivity contribution in [3.8, 4) is 12.3 Å². The number of ketones is 1. The molecule has 0 aromatic heterocycles. The highest BCUT2D eigenvalue weighted by atomic mass is 16.1. The zero-order valence-corrected chi connectivity index (χ0v) is 9.72. The van der Waals surface area contributed by atoms with Gasteiger partial charge in [0.2, 0.25) is 0 Å². The Morgan fingerprint density at radius 2 is 1.93 bits per heavy atom. The highest BCUT2D eigenvalue weighted by molar-refractivity contribution is 6.00. The number of rotatable bonds is 1. The Morgan fingerprint density at radius 1 is 1.33 bits per heavy atom. The summed E-state index contributed by atoms with van der Waals surface area (Å²) in [5.41, 5.74) is 2.16. The molecule has 1 heteroatoms. The third kappa shape index (κ3) is 2.47. The van der Waals surface area contributed by atoms with Crippen LogP contribution in [0.3, 0.4) is 0 Å². The molecular formula is C14H16O. The van der Waals surface area contributed by atoms with Gasteiger partial charge in [-0.3, -0.25) is 4.79 Å². The average molecular weight is 200 g/mol. The second-order valence-electron chi connectivity index (χ2n) is 4.75. The van der Waals surface area contributed by atoms with E-state index < -0.39 is 0 Å². The summed E-state index contributed by atoms with van der Waals surface area (Å²) in [7, 11) is 0. The van der Waals surface area contributed by atoms with Crippen molar-refractivity contribution in [2.45, 2.75) is 27.7 Å². The molecule has 0 fully saturated rings. The molecule has 0 spiro atoms. The molecule has 1 aromatic carbocycles. The zero-order chi connectivity index (χ0) is 11.6. The van der Waals surface area contributed by atoms with Gasteiger partial charge in [-0.2, -0.15) is 0 Å². The Kier molecular flexibility index (Phi) is 3.00. The number of hydrogen-bond donors (Lipinski definition) is 0. The van der Waals surface area contributed by atoms with Gasteiger partial charge in [0.05, 0.1) is 0 Å². The van der Waals surface area contributed by atoms with Crippen molar-refractivity contribution in [1.82, 2.24) is 0 Å². The number of hydrogen-bond acceptors (Lipinski definition) is 1. The lowest BCUT2D eigenvalue weighted by Crippen LogP contribution is -2.20. The fourth-order valence-corrected chi connectivity index (χ4v) is 1.35. The van der Waals surface area contributed by atoms with Gasteiger partial charge in [0.15, 0.2) is 5.78 Å². The van der Waals surface area contributed by atoms with E-state index in [2.05, 4.69) is 5.92 Å². The normalized spacial score (nSPS) is 10.9. The van der Waals surface area contributed by atoms with Gasteiger partial charge in [0.25, 0.3) is 0 Å². The fourth-order valence-electron chi connectivity index (χ4n) is 1.35. The largest absolute Gasteiger partial charge is 0.294 e. The molecule has 0 heterocycles. The first-order valence-corrected chi connectivity index (χ1v) is 4.98. The van der Waals surface area contributed by atoms with Gasteiger partial charge in [0.1, 0.15) is 0 Å². The van der Waals surface area contributed by atoms with E-state index in [4.69, 9.17) is 6.42 Å². The van der Waals surface area contributed by atoms with Crippen LogP contribution in [-0.4, -0.2) is 5.78 Å². The molecule has 0 saturated carbocycles. The van der Waals surface area contributed by atoms with E-state index in [-0.39, 0.29) is 11.2 Å². The van der Waals surface area contributed by atoms with Crippen LogP contribution in [0.5, 0.6) is 0 Å². The summed E-state index contributed by atoms with van der Waals surface area (Å²) in [6, 6.07) is 5.53. The lowest BCUT2D eigenvalue weighted by molar-refractivity contribution is 0.0858. The van der Waals surface area contributed by atoms with E-state index in [1.54, 1.807) is 6.07 Å². The van der Waals surface area contributed by atoms with Crippen molar-refractivity contribution >= 4 is 5.78 Å². The number of benzene rings is 1. The zero-order valence-electron chi connectivity index (χ0n) is 9.72. The molecule has 78 valence electrons. The molecule has 0 bridgehead atoms. The van der Waals surface area contributed by atoms with Crippen molar-refractivity contribution in [1.29, 1.82) is 0 Å². The van der Waals surface area contributed by atoms with E-state index in [1.165, 1.54) is 0 Å². The molecule has 0 radical (unpaired) electrons. The van der Waals surface area contributed by atoms with Crippen molar-refractivity contribution in [2.24, 2.45) is 5.41 Å². The maximum atomic E-state index is 12.0. The first-order valence-electron chi connectivity index (χ1n) is 4.98. The predicted molar refractivity (Wildman–Crippen MR) is 62.9 cm³/mol. The first kappa shape index (κ1) is 11.5. The second kappa shape index (κ2) is 3.90. The minimum atomic E-state index is -0.360. The van der Waals surface area contributed by atoms with Crippen molar-refractivity contribution in [3.63, 3.8) is 0 Å². The maximum absolute atomic E-state index is 12.0. The third-order valence-corrected chi connectivity index (χ3v) is 2.34. The van der Waals surface area contributed by atoms with E-state index in [9.17, 15) is 4.79 Å². The molecule has 1 nitrogen and oxygen atoms in total. The van der Waals surface area contributed by atoms with Gasteiger partial charge in [-0.25, -0.2) is 0 Å². The topological polar surface area (TPSA) is 17.1 Å². The minimum Gasteiger partial charge on any atom is -0.294 e. The molecule has 0 aliphatic carbocycles. The summed E-state index contributed by atoms with van der Waals surface area (Å²) in [5, 5.41) is 0. The van der Waals surface area contributed by atoms with Crippen LogP contribution in [0.4, 0.5) is 0 Å². The molecule has 1 rings (SSSR count). The Bertz CT molecular complexity index is 428. The summed E-state index contributed by atoms with van der Waals surface area (Å²) < 4.78 is 0. The average Bonchev–Trinajstić information content (AvgIpc) is 2.16. The maximum Gasteiger partial charge on any atom is 0.168 e. The van der Waals surface area contributed by atoms with Gasteiger partial charge < -0.3 is 0 Å². The Morgan fingerprint density at radius 3 is 2.40 bits per heavy atom. The van der Waals surface area contributed by atoms with Gasteiger partial charge in [0, 0.05) is 16.5 Å². The summed E-state index contributed by atoms with van der Waals surface area (Å²) >= 11 is 0. The lowest BCUT2D eigenvalue weighted by atomic mass is 9.85. The first-order chi connectivity index (χ1) is 6.86. The smallest absolute Gasteiger partial charge is 0.168 e. The highest BCUT2D eigenvalue weighted by Gasteiger charge is 2.22. The van der Waals surface area contributed by atoms with Crippen molar-refractivity contribution < 1.29 is 4.79 Å². The number of carbonyl (C=O) groups excluding carboxylic acids is 1. The molecule has 1 aromatic rings. The summed E-state index contributed by atoms with van der Waals surface area (Å²) in [5.74, 6) is 2.71. The molecule has 0 unspecified atom stereocenters. The Hall–Kier alpha value is -1.55. The second-order valence-corrected chi connectivity index (χ2v) is 4.75. The molecule has 15 heavy (non-hydrogen) atoms. The number of carbonyl (C=O) groups is 1. The predicted octanol–water partition coefficient (Wildman–Crippen LogP) is 3.21. The molecule has 0 amide bonds. The van der Waals surface area contributed by atoms with E-state index in [1.807, 2.05) is 39.8 Å². The highest BCUT2D eigenvalue weighted by Crippen LogP contribution is 2.22. The molecule has 0 aliphatic rings. The van der Waals surface area contributed by atoms with Crippen LogP contribution in [0.15, 0.2) is 18.2 Å². The van der Waals surface area contributed by atoms with Gasteiger partial charge in [-0.05, 0) is 18.6 Å². The summed E-state index contributed by atoms with van der Waals surface area (Å²) in [6.45, 7) is 7.67.